The van der Waals surface area contributed by atoms with E-state index in [2.05, 4.69) is 15.9 Å². The number of methoxy groups -OCH3 is 1. The van der Waals surface area contributed by atoms with Crippen molar-refractivity contribution in [2.75, 3.05) is 7.11 Å². The third-order valence-electron chi connectivity index (χ3n) is 2.66. The number of hydrogen-bond donors (Lipinski definition) is 1. The highest BCUT2D eigenvalue weighted by Gasteiger charge is 2.03. The largest absolute Gasteiger partial charge is 0.508 e. The van der Waals surface area contributed by atoms with Crippen molar-refractivity contribution in [2.45, 2.75) is 13.5 Å². The Hall–Kier alpha value is -1.68. The van der Waals surface area contributed by atoms with Crippen LogP contribution in [0.3, 0.4) is 0 Å². The highest BCUT2D eigenvalue weighted by molar-refractivity contribution is 9.10. The van der Waals surface area contributed by atoms with E-state index in [0.717, 1.165) is 21.3 Å². The molecule has 0 spiro atoms. The maximum absolute atomic E-state index is 9.50. The average molecular weight is 323 g/mol. The second-order valence-corrected chi connectivity index (χ2v) is 5.12. The molecule has 0 aliphatic carbocycles. The second kappa shape index (κ2) is 5.97. The molecule has 19 heavy (non-hydrogen) atoms. The zero-order valence-electron chi connectivity index (χ0n) is 10.8. The van der Waals surface area contributed by atoms with Crippen LogP contribution in [0.4, 0.5) is 0 Å². The predicted molar refractivity (Wildman–Crippen MR) is 77.9 cm³/mol. The number of halogens is 1. The van der Waals surface area contributed by atoms with Gasteiger partial charge in [-0.15, -0.1) is 0 Å². The molecule has 0 unspecified atom stereocenters. The number of hydrogen-bond acceptors (Lipinski definition) is 3. The quantitative estimate of drug-likeness (QED) is 0.922. The zero-order chi connectivity index (χ0) is 13.8. The second-order valence-electron chi connectivity index (χ2n) is 4.26. The molecule has 0 fully saturated rings. The van der Waals surface area contributed by atoms with Crippen LogP contribution in [0.15, 0.2) is 40.9 Å². The summed E-state index contributed by atoms with van der Waals surface area (Å²) in [5, 5.41) is 9.50. The number of phenolic OH excluding ortho intramolecular Hbond substituents is 1. The van der Waals surface area contributed by atoms with E-state index < -0.39 is 0 Å². The molecule has 0 saturated heterocycles. The van der Waals surface area contributed by atoms with Gasteiger partial charge >= 0.3 is 0 Å². The van der Waals surface area contributed by atoms with Gasteiger partial charge in [0.2, 0.25) is 0 Å². The van der Waals surface area contributed by atoms with Gasteiger partial charge in [-0.2, -0.15) is 0 Å². The maximum atomic E-state index is 9.50. The number of aryl methyl sites for hydroxylation is 1. The fourth-order valence-corrected chi connectivity index (χ4v) is 2.37. The topological polar surface area (TPSA) is 38.7 Å². The molecular weight excluding hydrogens is 308 g/mol. The Balaban J connectivity index is 2.08. The average Bonchev–Trinajstić information content (AvgIpc) is 2.35. The molecular formula is C15H15BrO3. The minimum absolute atomic E-state index is 0.214. The molecule has 1 N–H and O–H groups in total. The molecule has 0 bridgehead atoms. The Morgan fingerprint density at radius 2 is 1.95 bits per heavy atom. The molecule has 0 saturated carbocycles. The van der Waals surface area contributed by atoms with E-state index in [1.807, 2.05) is 31.2 Å². The monoisotopic (exact) mass is 322 g/mol. The van der Waals surface area contributed by atoms with Gasteiger partial charge in [-0.05, 0) is 58.2 Å². The van der Waals surface area contributed by atoms with Gasteiger partial charge in [0.05, 0.1) is 11.6 Å². The molecule has 2 aromatic carbocycles. The zero-order valence-corrected chi connectivity index (χ0v) is 12.4. The van der Waals surface area contributed by atoms with Crippen LogP contribution in [0.1, 0.15) is 11.1 Å². The van der Waals surface area contributed by atoms with E-state index in [9.17, 15) is 5.11 Å². The summed E-state index contributed by atoms with van der Waals surface area (Å²) in [5.74, 6) is 1.66. The van der Waals surface area contributed by atoms with Crippen molar-refractivity contribution in [1.29, 1.82) is 0 Å². The molecule has 0 aromatic heterocycles. The molecule has 2 rings (SSSR count). The Bertz CT molecular complexity index is 561. The molecule has 2 aromatic rings. The van der Waals surface area contributed by atoms with Crippen molar-refractivity contribution in [3.63, 3.8) is 0 Å². The molecule has 100 valence electrons. The lowest BCUT2D eigenvalue weighted by Crippen LogP contribution is -1.96. The first kappa shape index (κ1) is 13.7. The van der Waals surface area contributed by atoms with Crippen molar-refractivity contribution < 1.29 is 14.6 Å². The van der Waals surface area contributed by atoms with Gasteiger partial charge in [-0.25, -0.2) is 0 Å². The van der Waals surface area contributed by atoms with Gasteiger partial charge in [0.15, 0.2) is 0 Å². The van der Waals surface area contributed by atoms with Gasteiger partial charge in [-0.3, -0.25) is 0 Å². The SMILES string of the molecule is COc1ccc(COc2cc(C)cc(O)c2)cc1Br. The highest BCUT2D eigenvalue weighted by atomic mass is 79.9. The Kier molecular flexibility index (Phi) is 4.32. The molecule has 0 amide bonds. The van der Waals surface area contributed by atoms with Crippen LogP contribution in [0, 0.1) is 6.92 Å². The molecule has 0 heterocycles. The minimum atomic E-state index is 0.214. The first-order valence-electron chi connectivity index (χ1n) is 5.84. The van der Waals surface area contributed by atoms with Crippen LogP contribution in [-0.4, -0.2) is 12.2 Å². The van der Waals surface area contributed by atoms with E-state index in [1.54, 1.807) is 19.2 Å². The first-order chi connectivity index (χ1) is 9.08. The van der Waals surface area contributed by atoms with Crippen LogP contribution in [0.2, 0.25) is 0 Å². The van der Waals surface area contributed by atoms with Gasteiger partial charge in [0, 0.05) is 6.07 Å². The fourth-order valence-electron chi connectivity index (χ4n) is 1.78. The number of benzene rings is 2. The minimum Gasteiger partial charge on any atom is -0.508 e. The number of rotatable bonds is 4. The molecule has 4 heteroatoms. The molecule has 0 aliphatic rings. The Labute approximate surface area is 120 Å². The highest BCUT2D eigenvalue weighted by Crippen LogP contribution is 2.27. The maximum Gasteiger partial charge on any atom is 0.133 e. The van der Waals surface area contributed by atoms with Crippen molar-refractivity contribution in [3.8, 4) is 17.2 Å². The van der Waals surface area contributed by atoms with Crippen molar-refractivity contribution in [3.05, 3.63) is 52.0 Å². The van der Waals surface area contributed by atoms with E-state index in [4.69, 9.17) is 9.47 Å². The lowest BCUT2D eigenvalue weighted by molar-refractivity contribution is 0.304. The lowest BCUT2D eigenvalue weighted by Gasteiger charge is -2.09. The summed E-state index contributed by atoms with van der Waals surface area (Å²) >= 11 is 3.44. The third kappa shape index (κ3) is 3.64. The summed E-state index contributed by atoms with van der Waals surface area (Å²) in [5.41, 5.74) is 1.99. The lowest BCUT2D eigenvalue weighted by atomic mass is 10.2. The summed E-state index contributed by atoms with van der Waals surface area (Å²) in [6, 6.07) is 11.0. The Morgan fingerprint density at radius 3 is 2.58 bits per heavy atom. The predicted octanol–water partition coefficient (Wildman–Crippen LogP) is 4.05. The van der Waals surface area contributed by atoms with Crippen LogP contribution < -0.4 is 9.47 Å². The van der Waals surface area contributed by atoms with Crippen LogP contribution in [0.25, 0.3) is 0 Å². The molecule has 3 nitrogen and oxygen atoms in total. The number of aromatic hydroxyl groups is 1. The van der Waals surface area contributed by atoms with E-state index in [1.165, 1.54) is 0 Å². The summed E-state index contributed by atoms with van der Waals surface area (Å²) < 4.78 is 11.7. The van der Waals surface area contributed by atoms with Crippen LogP contribution >= 0.6 is 15.9 Å². The summed E-state index contributed by atoms with van der Waals surface area (Å²) in [6.45, 7) is 2.35. The van der Waals surface area contributed by atoms with Crippen LogP contribution in [-0.2, 0) is 6.61 Å². The van der Waals surface area contributed by atoms with Gasteiger partial charge < -0.3 is 14.6 Å². The van der Waals surface area contributed by atoms with Crippen molar-refractivity contribution in [2.24, 2.45) is 0 Å². The molecule has 0 radical (unpaired) electrons. The normalized spacial score (nSPS) is 10.3. The van der Waals surface area contributed by atoms with Crippen LogP contribution in [0.5, 0.6) is 17.2 Å². The van der Waals surface area contributed by atoms with Gasteiger partial charge in [0.25, 0.3) is 0 Å². The van der Waals surface area contributed by atoms with E-state index in [-0.39, 0.29) is 5.75 Å². The van der Waals surface area contributed by atoms with E-state index in [0.29, 0.717) is 12.4 Å². The fraction of sp³-hybridized carbons (Fsp3) is 0.200. The van der Waals surface area contributed by atoms with Gasteiger partial charge in [0.1, 0.15) is 23.9 Å². The number of ether oxygens (including phenoxy) is 2. The first-order valence-corrected chi connectivity index (χ1v) is 6.63. The van der Waals surface area contributed by atoms with Crippen molar-refractivity contribution >= 4 is 15.9 Å². The standard InChI is InChI=1S/C15H15BrO3/c1-10-5-12(17)8-13(6-10)19-9-11-3-4-15(18-2)14(16)7-11/h3-8,17H,9H2,1-2H3. The molecule has 0 atom stereocenters. The van der Waals surface area contributed by atoms with Gasteiger partial charge in [-0.1, -0.05) is 6.07 Å². The third-order valence-corrected chi connectivity index (χ3v) is 3.28. The van der Waals surface area contributed by atoms with Crippen molar-refractivity contribution in [1.82, 2.24) is 0 Å². The smallest absolute Gasteiger partial charge is 0.133 e. The molecule has 0 aliphatic heterocycles. The summed E-state index contributed by atoms with van der Waals surface area (Å²) in [4.78, 5) is 0. The summed E-state index contributed by atoms with van der Waals surface area (Å²) in [6.07, 6.45) is 0. The Morgan fingerprint density at radius 1 is 1.16 bits per heavy atom. The van der Waals surface area contributed by atoms with E-state index >= 15 is 0 Å². The summed E-state index contributed by atoms with van der Waals surface area (Å²) in [7, 11) is 1.63. The number of phenols is 1.